The number of ether oxygens (including phenoxy) is 2. The highest BCUT2D eigenvalue weighted by molar-refractivity contribution is 6.03. The second kappa shape index (κ2) is 11.1. The molecule has 242 valence electrons. The molecule has 0 radical (unpaired) electrons. The molecule has 4 atom stereocenters. The number of aliphatic carboxylic acids is 1. The predicted molar refractivity (Wildman–Crippen MR) is 164 cm³/mol. The molecule has 2 N–H and O–H groups in total. The lowest BCUT2D eigenvalue weighted by Gasteiger charge is -2.32. The molecule has 2 aromatic carbocycles. The third-order valence-electron chi connectivity index (χ3n) is 9.66. The highest BCUT2D eigenvalue weighted by atomic mass is 19.1. The van der Waals surface area contributed by atoms with Gasteiger partial charge in [-0.15, -0.1) is 0 Å². The highest BCUT2D eigenvalue weighted by Gasteiger charge is 2.49. The molecule has 13 heteroatoms. The van der Waals surface area contributed by atoms with Crippen LogP contribution >= 0.6 is 0 Å². The number of halogens is 3. The number of carbonyl (C=O) groups is 1. The van der Waals surface area contributed by atoms with Gasteiger partial charge in [0.25, 0.3) is 0 Å². The summed E-state index contributed by atoms with van der Waals surface area (Å²) in [5, 5.41) is 21.5. The second-order valence-corrected chi connectivity index (χ2v) is 12.5. The molecule has 0 bridgehead atoms. The number of pyridine rings is 1. The third kappa shape index (κ3) is 4.74. The van der Waals surface area contributed by atoms with Gasteiger partial charge in [-0.3, -0.25) is 4.90 Å². The zero-order valence-electron chi connectivity index (χ0n) is 25.7. The van der Waals surface area contributed by atoms with Gasteiger partial charge in [-0.25, -0.2) is 22.9 Å². The maximum atomic E-state index is 16.9. The lowest BCUT2D eigenvalue weighted by Crippen LogP contribution is -2.47. The van der Waals surface area contributed by atoms with Crippen LogP contribution in [0.3, 0.4) is 0 Å². The second-order valence-electron chi connectivity index (χ2n) is 12.5. The average molecular weight is 638 g/mol. The summed E-state index contributed by atoms with van der Waals surface area (Å²) < 4.78 is 58.6. The highest BCUT2D eigenvalue weighted by Crippen LogP contribution is 2.45. The van der Waals surface area contributed by atoms with Crippen LogP contribution in [0.5, 0.6) is 17.6 Å². The lowest BCUT2D eigenvalue weighted by molar-refractivity contribution is -0.138. The van der Waals surface area contributed by atoms with Crippen LogP contribution in [-0.2, 0) is 11.2 Å². The van der Waals surface area contributed by atoms with Crippen molar-refractivity contribution < 1.29 is 37.7 Å². The Hall–Kier alpha value is -4.39. The fraction of sp³-hybridized carbons (Fsp3) is 0.455. The van der Waals surface area contributed by atoms with Gasteiger partial charge >= 0.3 is 12.0 Å². The Morgan fingerprint density at radius 2 is 2.02 bits per heavy atom. The van der Waals surface area contributed by atoms with Crippen molar-refractivity contribution in [2.45, 2.75) is 70.2 Å². The van der Waals surface area contributed by atoms with Crippen molar-refractivity contribution in [3.8, 4) is 28.9 Å². The van der Waals surface area contributed by atoms with E-state index in [1.54, 1.807) is 13.8 Å². The summed E-state index contributed by atoms with van der Waals surface area (Å²) in [4.78, 5) is 29.4. The summed E-state index contributed by atoms with van der Waals surface area (Å²) >= 11 is 0. The summed E-state index contributed by atoms with van der Waals surface area (Å²) in [7, 11) is 0. The topological polar surface area (TPSA) is 121 Å². The van der Waals surface area contributed by atoms with Gasteiger partial charge in [0.15, 0.2) is 11.6 Å². The van der Waals surface area contributed by atoms with Crippen LogP contribution in [0.4, 0.5) is 19.0 Å². The molecule has 0 amide bonds. The van der Waals surface area contributed by atoms with Crippen LogP contribution in [0.1, 0.15) is 45.6 Å². The Labute approximate surface area is 262 Å². The van der Waals surface area contributed by atoms with E-state index in [1.807, 2.05) is 0 Å². The normalized spacial score (nSPS) is 23.4. The molecule has 2 aromatic heterocycles. The number of alkyl halides is 1. The Kier molecular flexibility index (Phi) is 7.33. The van der Waals surface area contributed by atoms with Crippen molar-refractivity contribution in [2.24, 2.45) is 0 Å². The molecule has 0 saturated carbocycles. The number of carboxylic acids is 1. The monoisotopic (exact) mass is 637 g/mol. The number of aryl methyl sites for hydroxylation is 1. The van der Waals surface area contributed by atoms with E-state index in [-0.39, 0.29) is 58.8 Å². The van der Waals surface area contributed by atoms with E-state index in [1.165, 1.54) is 36.1 Å². The maximum Gasteiger partial charge on any atom is 0.326 e. The average Bonchev–Trinajstić information content (AvgIpc) is 3.50. The fourth-order valence-corrected chi connectivity index (χ4v) is 7.49. The fourth-order valence-electron chi connectivity index (χ4n) is 7.49. The van der Waals surface area contributed by atoms with Crippen LogP contribution in [0.25, 0.3) is 32.9 Å². The number of fused-ring (bicyclic) bond motifs is 2. The Morgan fingerprint density at radius 3 is 2.78 bits per heavy atom. The van der Waals surface area contributed by atoms with Gasteiger partial charge in [0.1, 0.15) is 53.6 Å². The Balaban J connectivity index is 1.46. The van der Waals surface area contributed by atoms with Crippen LogP contribution in [0.15, 0.2) is 24.3 Å². The van der Waals surface area contributed by atoms with Gasteiger partial charge in [-0.2, -0.15) is 9.97 Å². The standard InChI is InChI=1S/C33H34F3N5O5/c1-4-21-23(35)7-6-18-10-20(42)11-22(24(18)21)27-26(36)28-25-29(41(17(3)31(43)44)16(2)14-45-30(25)37-27)39-32(38-28)46-15-33-8-5-9-40(33)13-19(34)12-33/h6-7,10-11,16-17,19,42H,4-5,8-9,12-15H2,1-3H3,(H,43,44)/t16-,17-,19+,33-/m0/s1. The van der Waals surface area contributed by atoms with Gasteiger partial charge in [0.2, 0.25) is 5.88 Å². The summed E-state index contributed by atoms with van der Waals surface area (Å²) in [5.41, 5.74) is -0.542. The molecular formula is C33H34F3N5O5. The number of anilines is 1. The Bertz CT molecular complexity index is 1890. The predicted octanol–water partition coefficient (Wildman–Crippen LogP) is 5.41. The number of nitrogens with zero attached hydrogens (tertiary/aromatic N) is 5. The van der Waals surface area contributed by atoms with Crippen molar-refractivity contribution in [1.82, 2.24) is 19.9 Å². The van der Waals surface area contributed by atoms with Crippen molar-refractivity contribution in [2.75, 3.05) is 31.2 Å². The molecule has 2 saturated heterocycles. The number of aromatic nitrogens is 3. The van der Waals surface area contributed by atoms with Crippen molar-refractivity contribution in [1.29, 1.82) is 0 Å². The van der Waals surface area contributed by atoms with Gasteiger partial charge < -0.3 is 24.6 Å². The first-order valence-corrected chi connectivity index (χ1v) is 15.5. The molecule has 0 unspecified atom stereocenters. The number of phenols is 1. The SMILES string of the molecule is CCc1c(F)ccc2cc(O)cc(-c3nc4c5c(nc(OC[C@@]67CCCN6C[C@H](F)C7)nc5c3F)N([C@@H](C)C(=O)O)[C@@H](C)CO4)c12. The van der Waals surface area contributed by atoms with E-state index in [4.69, 9.17) is 9.47 Å². The number of hydrogen-bond donors (Lipinski definition) is 2. The molecule has 10 nitrogen and oxygen atoms in total. The van der Waals surface area contributed by atoms with Gasteiger partial charge in [0.05, 0.1) is 11.6 Å². The molecule has 3 aliphatic heterocycles. The minimum absolute atomic E-state index is 0.0110. The smallest absolute Gasteiger partial charge is 0.326 e. The van der Waals surface area contributed by atoms with Gasteiger partial charge in [-0.1, -0.05) is 13.0 Å². The first-order valence-electron chi connectivity index (χ1n) is 15.5. The number of benzene rings is 2. The van der Waals surface area contributed by atoms with Crippen LogP contribution in [0, 0.1) is 11.6 Å². The minimum Gasteiger partial charge on any atom is -0.508 e. The molecule has 46 heavy (non-hydrogen) atoms. The number of phenolic OH excluding ortho intramolecular Hbond substituents is 1. The summed E-state index contributed by atoms with van der Waals surface area (Å²) in [6.45, 7) is 6.15. The first-order chi connectivity index (χ1) is 22.0. The van der Waals surface area contributed by atoms with E-state index in [9.17, 15) is 19.4 Å². The number of aromatic hydroxyl groups is 1. The van der Waals surface area contributed by atoms with Crippen LogP contribution in [0.2, 0.25) is 0 Å². The molecule has 0 aliphatic carbocycles. The molecule has 0 spiro atoms. The minimum atomic E-state index is -1.13. The summed E-state index contributed by atoms with van der Waals surface area (Å²) in [5.74, 6) is -2.65. The van der Waals surface area contributed by atoms with Gasteiger partial charge in [0, 0.05) is 18.5 Å². The van der Waals surface area contributed by atoms with Gasteiger partial charge in [-0.05, 0) is 74.2 Å². The third-order valence-corrected chi connectivity index (χ3v) is 9.66. The van der Waals surface area contributed by atoms with E-state index in [0.717, 1.165) is 19.4 Å². The summed E-state index contributed by atoms with van der Waals surface area (Å²) in [6, 6.07) is 3.77. The number of hydrogen-bond acceptors (Lipinski definition) is 9. The Morgan fingerprint density at radius 1 is 1.22 bits per heavy atom. The molecule has 2 fully saturated rings. The van der Waals surface area contributed by atoms with Crippen LogP contribution in [-0.4, -0.2) is 86.1 Å². The molecule has 7 rings (SSSR count). The van der Waals surface area contributed by atoms with E-state index < -0.39 is 41.4 Å². The number of carboxylic acid groups (broad SMARTS) is 1. The van der Waals surface area contributed by atoms with Crippen molar-refractivity contribution in [3.05, 3.63) is 41.5 Å². The zero-order chi connectivity index (χ0) is 32.5. The molecule has 3 aliphatic rings. The zero-order valence-corrected chi connectivity index (χ0v) is 25.7. The van der Waals surface area contributed by atoms with E-state index in [0.29, 0.717) is 35.7 Å². The molecule has 4 aromatic rings. The largest absolute Gasteiger partial charge is 0.508 e. The van der Waals surface area contributed by atoms with Crippen molar-refractivity contribution >= 4 is 33.5 Å². The lowest BCUT2D eigenvalue weighted by atomic mass is 9.94. The van der Waals surface area contributed by atoms with E-state index in [2.05, 4.69) is 19.9 Å². The van der Waals surface area contributed by atoms with E-state index >= 15 is 8.78 Å². The molecular weight excluding hydrogens is 603 g/mol. The first kappa shape index (κ1) is 30.3. The maximum absolute atomic E-state index is 16.9. The quantitative estimate of drug-likeness (QED) is 0.272. The number of rotatable bonds is 7. The van der Waals surface area contributed by atoms with Crippen molar-refractivity contribution in [3.63, 3.8) is 0 Å². The molecule has 5 heterocycles. The van der Waals surface area contributed by atoms with Crippen LogP contribution < -0.4 is 14.4 Å². The summed E-state index contributed by atoms with van der Waals surface area (Å²) in [6.07, 6.45) is 1.23.